The molecule has 3 rings (SSSR count). The maximum atomic E-state index is 12.9. The van der Waals surface area contributed by atoms with Crippen molar-refractivity contribution in [3.63, 3.8) is 0 Å². The molecule has 4 nitrogen and oxygen atoms in total. The highest BCUT2D eigenvalue weighted by Gasteiger charge is 2.14. The first-order chi connectivity index (χ1) is 15.6. The number of aromatic nitrogens is 1. The Morgan fingerprint density at radius 2 is 1.88 bits per heavy atom. The van der Waals surface area contributed by atoms with Gasteiger partial charge in [0.1, 0.15) is 6.07 Å². The predicted molar refractivity (Wildman–Crippen MR) is 140 cm³/mol. The minimum atomic E-state index is -0.104. The number of aryl methyl sites for hydroxylation is 3. The third kappa shape index (κ3) is 5.75. The summed E-state index contributed by atoms with van der Waals surface area (Å²) in [5, 5.41) is 11.6. The Hall–Kier alpha value is -3.28. The topological polar surface area (TPSA) is 57.0 Å². The van der Waals surface area contributed by atoms with Crippen molar-refractivity contribution in [1.29, 1.82) is 5.26 Å². The van der Waals surface area contributed by atoms with Crippen LogP contribution in [0.5, 0.6) is 0 Å². The zero-order valence-electron chi connectivity index (χ0n) is 20.0. The summed E-state index contributed by atoms with van der Waals surface area (Å²) in [7, 11) is 4.56. The van der Waals surface area contributed by atoms with Crippen LogP contribution in [0.25, 0.3) is 10.9 Å². The molecular weight excluding hydrogens is 425 g/mol. The largest absolute Gasteiger partial charge is 0.337 e. The van der Waals surface area contributed by atoms with Gasteiger partial charge in [-0.15, -0.1) is 9.24 Å². The molecule has 1 atom stereocenters. The number of allylic oxidation sites excluding steroid dienone is 1. The molecule has 2 aromatic carbocycles. The Kier molecular flexibility index (Phi) is 7.46. The van der Waals surface area contributed by atoms with Crippen molar-refractivity contribution in [2.24, 2.45) is 0 Å². The lowest BCUT2D eigenvalue weighted by atomic mass is 9.99. The molecule has 0 saturated heterocycles. The second-order valence-electron chi connectivity index (χ2n) is 8.83. The lowest BCUT2D eigenvalue weighted by Gasteiger charge is -2.20. The quantitative estimate of drug-likeness (QED) is 0.290. The average molecular weight is 456 g/mol. The number of amides is 1. The Labute approximate surface area is 198 Å². The van der Waals surface area contributed by atoms with E-state index in [-0.39, 0.29) is 5.91 Å². The van der Waals surface area contributed by atoms with Crippen LogP contribution >= 0.6 is 9.24 Å². The molecule has 1 aromatic heterocycles. The summed E-state index contributed by atoms with van der Waals surface area (Å²) in [6, 6.07) is 12.5. The van der Waals surface area contributed by atoms with E-state index >= 15 is 0 Å². The molecule has 1 heterocycles. The zero-order valence-corrected chi connectivity index (χ0v) is 21.1. The fourth-order valence-corrected chi connectivity index (χ4v) is 4.37. The van der Waals surface area contributed by atoms with Crippen LogP contribution in [-0.4, -0.2) is 22.8 Å². The minimum Gasteiger partial charge on any atom is -0.337 e. The van der Waals surface area contributed by atoms with Crippen LogP contribution in [-0.2, 0) is 17.8 Å². The monoisotopic (exact) mass is 455 g/mol. The summed E-state index contributed by atoms with van der Waals surface area (Å²) in [5.41, 5.74) is 8.35. The summed E-state index contributed by atoms with van der Waals surface area (Å²) in [4.78, 5) is 19.0. The lowest BCUT2D eigenvalue weighted by Crippen LogP contribution is -2.28. The standard InChI is InChI=1S/C28H30N3OP/c1-17(8-22-12-23-9-18(2)15-30-27(23)24(13-22)14-29)7-21(5)28(32)31(6)16-25-10-19(3)20(4)11-26(25)33/h7,9-13,15H,5,8,16,33H2,1-4,6H3/b17-7+. The van der Waals surface area contributed by atoms with Crippen LogP contribution < -0.4 is 5.30 Å². The maximum absolute atomic E-state index is 12.9. The van der Waals surface area contributed by atoms with Crippen molar-refractivity contribution in [2.75, 3.05) is 7.05 Å². The third-order valence-corrected chi connectivity index (χ3v) is 6.33. The number of pyridine rings is 1. The van der Waals surface area contributed by atoms with Crippen molar-refractivity contribution >= 4 is 31.4 Å². The number of fused-ring (bicyclic) bond motifs is 1. The van der Waals surface area contributed by atoms with Crippen LogP contribution in [0.4, 0.5) is 0 Å². The minimum absolute atomic E-state index is 0.104. The smallest absolute Gasteiger partial charge is 0.253 e. The van der Waals surface area contributed by atoms with E-state index in [1.165, 1.54) is 11.1 Å². The number of benzene rings is 2. The van der Waals surface area contributed by atoms with Crippen molar-refractivity contribution in [3.8, 4) is 6.07 Å². The Morgan fingerprint density at radius 3 is 2.58 bits per heavy atom. The van der Waals surface area contributed by atoms with Gasteiger partial charge in [-0.05, 0) is 85.4 Å². The number of likely N-dealkylation sites (N-methyl/N-ethyl adjacent to an activating group) is 1. The number of hydrogen-bond donors (Lipinski definition) is 0. The van der Waals surface area contributed by atoms with E-state index in [0.29, 0.717) is 24.1 Å². The van der Waals surface area contributed by atoms with Crippen LogP contribution in [0.15, 0.2) is 60.3 Å². The molecule has 5 heteroatoms. The number of rotatable bonds is 6. The predicted octanol–water partition coefficient (Wildman–Crippen LogP) is 5.24. The zero-order chi connectivity index (χ0) is 24.3. The van der Waals surface area contributed by atoms with Crippen molar-refractivity contribution < 1.29 is 4.79 Å². The summed E-state index contributed by atoms with van der Waals surface area (Å²) in [5.74, 6) is -0.104. The molecule has 0 bridgehead atoms. The molecule has 0 aliphatic heterocycles. The van der Waals surface area contributed by atoms with E-state index in [2.05, 4.69) is 58.9 Å². The Balaban J connectivity index is 1.75. The summed E-state index contributed by atoms with van der Waals surface area (Å²) in [6.45, 7) is 12.7. The van der Waals surface area contributed by atoms with Gasteiger partial charge in [0.25, 0.3) is 5.91 Å². The van der Waals surface area contributed by atoms with E-state index in [0.717, 1.165) is 38.5 Å². The van der Waals surface area contributed by atoms with E-state index in [1.807, 2.05) is 32.1 Å². The highest BCUT2D eigenvalue weighted by atomic mass is 31.0. The van der Waals surface area contributed by atoms with E-state index in [4.69, 9.17) is 0 Å². The first kappa shape index (κ1) is 24.4. The molecule has 0 saturated carbocycles. The maximum Gasteiger partial charge on any atom is 0.253 e. The summed E-state index contributed by atoms with van der Waals surface area (Å²) in [6.07, 6.45) is 4.24. The number of hydrogen-bond acceptors (Lipinski definition) is 3. The van der Waals surface area contributed by atoms with Gasteiger partial charge in [0, 0.05) is 30.7 Å². The van der Waals surface area contributed by atoms with Gasteiger partial charge in [-0.1, -0.05) is 30.4 Å². The van der Waals surface area contributed by atoms with Crippen LogP contribution in [0.3, 0.4) is 0 Å². The highest BCUT2D eigenvalue weighted by Crippen LogP contribution is 2.22. The van der Waals surface area contributed by atoms with Gasteiger partial charge >= 0.3 is 0 Å². The lowest BCUT2D eigenvalue weighted by molar-refractivity contribution is -0.126. The Bertz CT molecular complexity index is 1330. The van der Waals surface area contributed by atoms with Crippen molar-refractivity contribution in [3.05, 3.63) is 93.7 Å². The second-order valence-corrected chi connectivity index (χ2v) is 9.45. The van der Waals surface area contributed by atoms with Gasteiger partial charge in [0.2, 0.25) is 0 Å². The fourth-order valence-electron chi connectivity index (χ4n) is 3.95. The molecule has 3 aromatic rings. The normalized spacial score (nSPS) is 11.4. The summed E-state index contributed by atoms with van der Waals surface area (Å²) < 4.78 is 0. The van der Waals surface area contributed by atoms with Crippen LogP contribution in [0, 0.1) is 32.1 Å². The molecule has 1 unspecified atom stereocenters. The SMILES string of the molecule is C=C(/C=C(\C)Cc1cc(C#N)c2ncc(C)cc2c1)C(=O)N(C)Cc1cc(C)c(C)cc1P. The highest BCUT2D eigenvalue weighted by molar-refractivity contribution is 7.27. The first-order valence-corrected chi connectivity index (χ1v) is 11.4. The number of carbonyl (C=O) groups excluding carboxylic acids is 1. The molecule has 1 amide bonds. The molecule has 33 heavy (non-hydrogen) atoms. The van der Waals surface area contributed by atoms with Crippen molar-refractivity contribution in [2.45, 2.75) is 40.7 Å². The van der Waals surface area contributed by atoms with Gasteiger partial charge in [-0.3, -0.25) is 9.78 Å². The molecular formula is C28H30N3OP. The number of nitrogens with zero attached hydrogens (tertiary/aromatic N) is 3. The van der Waals surface area contributed by atoms with Crippen molar-refractivity contribution in [1.82, 2.24) is 9.88 Å². The van der Waals surface area contributed by atoms with Gasteiger partial charge in [-0.25, -0.2) is 0 Å². The summed E-state index contributed by atoms with van der Waals surface area (Å²) >= 11 is 0. The molecule has 0 aliphatic carbocycles. The van der Waals surface area contributed by atoms with Gasteiger partial charge in [0.05, 0.1) is 11.1 Å². The number of nitriles is 1. The van der Waals surface area contributed by atoms with E-state index in [9.17, 15) is 10.1 Å². The van der Waals surface area contributed by atoms with E-state index in [1.54, 1.807) is 18.1 Å². The third-order valence-electron chi connectivity index (χ3n) is 5.79. The first-order valence-electron chi connectivity index (χ1n) is 10.9. The molecule has 0 spiro atoms. The van der Waals surface area contributed by atoms with Crippen LogP contribution in [0.1, 0.15) is 40.3 Å². The average Bonchev–Trinajstić information content (AvgIpc) is 2.75. The number of carbonyl (C=O) groups is 1. The molecule has 0 aliphatic rings. The Morgan fingerprint density at radius 1 is 1.18 bits per heavy atom. The van der Waals surface area contributed by atoms with Crippen LogP contribution in [0.2, 0.25) is 0 Å². The molecule has 168 valence electrons. The second kappa shape index (κ2) is 10.1. The molecule has 0 N–H and O–H groups in total. The molecule has 0 radical (unpaired) electrons. The van der Waals surface area contributed by atoms with Gasteiger partial charge in [-0.2, -0.15) is 5.26 Å². The van der Waals surface area contributed by atoms with Gasteiger partial charge < -0.3 is 4.90 Å². The van der Waals surface area contributed by atoms with E-state index < -0.39 is 0 Å². The fraction of sp³-hybridized carbons (Fsp3) is 0.250. The van der Waals surface area contributed by atoms with Gasteiger partial charge in [0.15, 0.2) is 0 Å². The molecule has 0 fully saturated rings.